The second-order valence-corrected chi connectivity index (χ2v) is 6.30. The lowest BCUT2D eigenvalue weighted by molar-refractivity contribution is -0.384. The van der Waals surface area contributed by atoms with Crippen molar-refractivity contribution in [2.45, 2.75) is 13.8 Å². The van der Waals surface area contributed by atoms with Crippen LogP contribution in [0.5, 0.6) is 5.75 Å². The molecule has 0 unspecified atom stereocenters. The quantitative estimate of drug-likeness (QED) is 0.385. The third-order valence-electron chi connectivity index (χ3n) is 3.06. The molecule has 7 nitrogen and oxygen atoms in total. The van der Waals surface area contributed by atoms with Gasteiger partial charge < -0.3 is 4.52 Å². The van der Waals surface area contributed by atoms with Gasteiger partial charge in [-0.3, -0.25) is 19.2 Å². The molecule has 0 aromatic heterocycles. The number of nitro benzene ring substituents is 1. The summed E-state index contributed by atoms with van der Waals surface area (Å²) >= 11 is 0. The van der Waals surface area contributed by atoms with E-state index >= 15 is 0 Å². The highest BCUT2D eigenvalue weighted by Crippen LogP contribution is 2.49. The average Bonchev–Trinajstić information content (AvgIpc) is 2.56. The maximum Gasteiger partial charge on any atom is 0.530 e. The van der Waals surface area contributed by atoms with E-state index in [1.807, 2.05) is 0 Å². The van der Waals surface area contributed by atoms with Crippen molar-refractivity contribution in [3.8, 4) is 16.9 Å². The van der Waals surface area contributed by atoms with Crippen LogP contribution in [0, 0.1) is 10.1 Å². The van der Waals surface area contributed by atoms with Gasteiger partial charge in [0.25, 0.3) is 5.69 Å². The van der Waals surface area contributed by atoms with Gasteiger partial charge in [-0.1, -0.05) is 12.1 Å². The Labute approximate surface area is 139 Å². The van der Waals surface area contributed by atoms with Crippen LogP contribution in [0.15, 0.2) is 48.5 Å². The second-order valence-electron chi connectivity index (χ2n) is 4.70. The Morgan fingerprint density at radius 2 is 1.38 bits per heavy atom. The van der Waals surface area contributed by atoms with E-state index in [1.165, 1.54) is 12.1 Å². The second kappa shape index (κ2) is 8.06. The van der Waals surface area contributed by atoms with Gasteiger partial charge >= 0.3 is 7.82 Å². The zero-order valence-corrected chi connectivity index (χ0v) is 14.3. The van der Waals surface area contributed by atoms with Gasteiger partial charge in [0.05, 0.1) is 18.1 Å². The molecule has 128 valence electrons. The van der Waals surface area contributed by atoms with Crippen LogP contribution in [0.2, 0.25) is 0 Å². The van der Waals surface area contributed by atoms with Gasteiger partial charge in [0.15, 0.2) is 0 Å². The monoisotopic (exact) mass is 351 g/mol. The van der Waals surface area contributed by atoms with E-state index in [9.17, 15) is 14.7 Å². The van der Waals surface area contributed by atoms with Crippen molar-refractivity contribution < 1.29 is 23.1 Å². The van der Waals surface area contributed by atoms with Crippen LogP contribution in [0.25, 0.3) is 11.1 Å². The van der Waals surface area contributed by atoms with Crippen molar-refractivity contribution in [1.29, 1.82) is 0 Å². The molecular formula is C16H18NO6P. The Morgan fingerprint density at radius 1 is 0.917 bits per heavy atom. The van der Waals surface area contributed by atoms with Crippen LogP contribution >= 0.6 is 7.82 Å². The fourth-order valence-corrected chi connectivity index (χ4v) is 3.21. The minimum absolute atomic E-state index is 0.0353. The Hall–Kier alpha value is -2.21. The molecule has 0 fully saturated rings. The summed E-state index contributed by atoms with van der Waals surface area (Å²) in [5.74, 6) is 0.353. The third-order valence-corrected chi connectivity index (χ3v) is 4.64. The van der Waals surface area contributed by atoms with E-state index in [1.54, 1.807) is 50.2 Å². The maximum atomic E-state index is 12.3. The van der Waals surface area contributed by atoms with Gasteiger partial charge in [-0.05, 0) is 49.2 Å². The first-order valence-corrected chi connectivity index (χ1v) is 8.87. The fourth-order valence-electron chi connectivity index (χ4n) is 2.02. The van der Waals surface area contributed by atoms with E-state index in [-0.39, 0.29) is 18.9 Å². The SMILES string of the molecule is CCOP(=O)(OCC)Oc1ccc(-c2ccc([N+](=O)[O-])cc2)cc1. The number of hydrogen-bond donors (Lipinski definition) is 0. The van der Waals surface area contributed by atoms with Crippen LogP contribution in [0.1, 0.15) is 13.8 Å². The van der Waals surface area contributed by atoms with Gasteiger partial charge in [0.1, 0.15) is 5.75 Å². The van der Waals surface area contributed by atoms with Crippen molar-refractivity contribution in [2.75, 3.05) is 13.2 Å². The summed E-state index contributed by atoms with van der Waals surface area (Å²) in [6.45, 7) is 3.82. The summed E-state index contributed by atoms with van der Waals surface area (Å²) in [4.78, 5) is 10.2. The molecular weight excluding hydrogens is 333 g/mol. The van der Waals surface area contributed by atoms with E-state index < -0.39 is 12.7 Å². The molecule has 8 heteroatoms. The van der Waals surface area contributed by atoms with E-state index in [0.717, 1.165) is 11.1 Å². The summed E-state index contributed by atoms with van der Waals surface area (Å²) < 4.78 is 27.8. The molecule has 0 heterocycles. The standard InChI is InChI=1S/C16H18NO6P/c1-3-21-24(20,22-4-2)23-16-11-7-14(8-12-16)13-5-9-15(10-6-13)17(18)19/h5-12H,3-4H2,1-2H3. The van der Waals surface area contributed by atoms with Crippen LogP contribution in [-0.2, 0) is 13.6 Å². The fraction of sp³-hybridized carbons (Fsp3) is 0.250. The number of phosphoric acid groups is 1. The molecule has 0 saturated carbocycles. The van der Waals surface area contributed by atoms with Gasteiger partial charge in [-0.25, -0.2) is 4.57 Å². The molecule has 0 aliphatic carbocycles. The molecule has 0 radical (unpaired) electrons. The van der Waals surface area contributed by atoms with Crippen molar-refractivity contribution in [1.82, 2.24) is 0 Å². The Kier molecular flexibility index (Phi) is 6.09. The Morgan fingerprint density at radius 3 is 1.79 bits per heavy atom. The molecule has 0 aliphatic heterocycles. The molecule has 0 N–H and O–H groups in total. The third kappa shape index (κ3) is 4.64. The minimum atomic E-state index is -3.62. The van der Waals surface area contributed by atoms with Gasteiger partial charge in [0, 0.05) is 12.1 Å². The highest BCUT2D eigenvalue weighted by Gasteiger charge is 2.27. The number of nitro groups is 1. The van der Waals surface area contributed by atoms with Crippen molar-refractivity contribution in [3.63, 3.8) is 0 Å². The number of rotatable bonds is 8. The number of non-ortho nitro benzene ring substituents is 1. The molecule has 2 rings (SSSR count). The highest BCUT2D eigenvalue weighted by molar-refractivity contribution is 7.48. The van der Waals surface area contributed by atoms with Crippen LogP contribution < -0.4 is 4.52 Å². The van der Waals surface area contributed by atoms with Crippen molar-refractivity contribution in [2.24, 2.45) is 0 Å². The molecule has 0 bridgehead atoms. The van der Waals surface area contributed by atoms with E-state index in [2.05, 4.69) is 0 Å². The topological polar surface area (TPSA) is 87.9 Å². The molecule has 0 spiro atoms. The van der Waals surface area contributed by atoms with Crippen LogP contribution in [0.4, 0.5) is 5.69 Å². The van der Waals surface area contributed by atoms with Crippen LogP contribution in [0.3, 0.4) is 0 Å². The van der Waals surface area contributed by atoms with E-state index in [0.29, 0.717) is 5.75 Å². The zero-order chi connectivity index (χ0) is 17.6. The first kappa shape index (κ1) is 18.1. The predicted octanol–water partition coefficient (Wildman–Crippen LogP) is 4.82. The molecule has 0 saturated heterocycles. The normalized spacial score (nSPS) is 11.2. The summed E-state index contributed by atoms with van der Waals surface area (Å²) in [6, 6.07) is 13.0. The predicted molar refractivity (Wildman–Crippen MR) is 90.0 cm³/mol. The molecule has 0 atom stereocenters. The minimum Gasteiger partial charge on any atom is -0.404 e. The molecule has 2 aromatic carbocycles. The Bertz CT molecular complexity index is 719. The summed E-state index contributed by atoms with van der Waals surface area (Å²) in [5, 5.41) is 10.7. The lowest BCUT2D eigenvalue weighted by Crippen LogP contribution is -2.02. The molecule has 0 aliphatic rings. The maximum absolute atomic E-state index is 12.3. The Balaban J connectivity index is 2.15. The largest absolute Gasteiger partial charge is 0.530 e. The zero-order valence-electron chi connectivity index (χ0n) is 13.4. The first-order chi connectivity index (χ1) is 11.5. The smallest absolute Gasteiger partial charge is 0.404 e. The average molecular weight is 351 g/mol. The number of benzene rings is 2. The summed E-state index contributed by atoms with van der Waals surface area (Å²) in [7, 11) is -3.62. The van der Waals surface area contributed by atoms with Crippen molar-refractivity contribution >= 4 is 13.5 Å². The highest BCUT2D eigenvalue weighted by atomic mass is 31.2. The van der Waals surface area contributed by atoms with E-state index in [4.69, 9.17) is 13.6 Å². The lowest BCUT2D eigenvalue weighted by atomic mass is 10.1. The van der Waals surface area contributed by atoms with Gasteiger partial charge in [-0.2, -0.15) is 0 Å². The summed E-state index contributed by atoms with van der Waals surface area (Å²) in [5.41, 5.74) is 1.71. The van der Waals surface area contributed by atoms with Gasteiger partial charge in [-0.15, -0.1) is 0 Å². The molecule has 0 amide bonds. The summed E-state index contributed by atoms with van der Waals surface area (Å²) in [6.07, 6.45) is 0. The number of hydrogen-bond acceptors (Lipinski definition) is 6. The first-order valence-electron chi connectivity index (χ1n) is 7.41. The molecule has 2 aromatic rings. The van der Waals surface area contributed by atoms with Crippen LogP contribution in [-0.4, -0.2) is 18.1 Å². The van der Waals surface area contributed by atoms with Gasteiger partial charge in [0.2, 0.25) is 0 Å². The number of nitrogens with zero attached hydrogens (tertiary/aromatic N) is 1. The number of phosphoric ester groups is 1. The molecule has 24 heavy (non-hydrogen) atoms. The van der Waals surface area contributed by atoms with Crippen molar-refractivity contribution in [3.05, 3.63) is 58.6 Å². The lowest BCUT2D eigenvalue weighted by Gasteiger charge is -2.17.